The number of aromatic amines is 1. The Labute approximate surface area is 166 Å². The van der Waals surface area contributed by atoms with Gasteiger partial charge in [-0.05, 0) is 78.4 Å². The predicted octanol–water partition coefficient (Wildman–Crippen LogP) is 5.84. The van der Waals surface area contributed by atoms with Crippen LogP contribution >= 0.6 is 0 Å². The number of H-pyrrole nitrogens is 1. The molecule has 144 valence electrons. The van der Waals surface area contributed by atoms with Gasteiger partial charge in [0.1, 0.15) is 5.75 Å². The minimum absolute atomic E-state index is 0.733. The third-order valence-corrected chi connectivity index (χ3v) is 5.60. The highest BCUT2D eigenvalue weighted by Gasteiger charge is 2.17. The Morgan fingerprint density at radius 1 is 0.964 bits per heavy atom. The first-order chi connectivity index (χ1) is 13.7. The lowest BCUT2D eigenvalue weighted by Gasteiger charge is -2.12. The summed E-state index contributed by atoms with van der Waals surface area (Å²) >= 11 is 0. The van der Waals surface area contributed by atoms with Gasteiger partial charge in [0.2, 0.25) is 0 Å². The standard InChI is InChI=1S/C25H28N2O/c1-3-17-11-12-23-21(14-17)20(10-6-7-13-26)25(27-23)22-15-18-8-4-5-9-19(18)16-24(22)28-2/h4-5,8-9,11-12,14-16,27H,3,6-7,10,13,26H2,1-2H3. The number of rotatable bonds is 7. The van der Waals surface area contributed by atoms with Crippen LogP contribution in [0.1, 0.15) is 30.9 Å². The van der Waals surface area contributed by atoms with Gasteiger partial charge in [0.05, 0.1) is 12.8 Å². The zero-order valence-electron chi connectivity index (χ0n) is 16.7. The highest BCUT2D eigenvalue weighted by Crippen LogP contribution is 2.39. The summed E-state index contributed by atoms with van der Waals surface area (Å²) in [6, 6.07) is 19.6. The highest BCUT2D eigenvalue weighted by atomic mass is 16.5. The number of aryl methyl sites for hydroxylation is 2. The normalized spacial score (nSPS) is 11.4. The molecule has 0 amide bonds. The maximum atomic E-state index is 5.79. The van der Waals surface area contributed by atoms with E-state index in [-0.39, 0.29) is 0 Å². The summed E-state index contributed by atoms with van der Waals surface area (Å²) in [5, 5.41) is 3.73. The summed E-state index contributed by atoms with van der Waals surface area (Å²) in [4.78, 5) is 3.69. The molecule has 3 aromatic carbocycles. The van der Waals surface area contributed by atoms with E-state index < -0.39 is 0 Å². The van der Waals surface area contributed by atoms with Crippen molar-refractivity contribution in [2.75, 3.05) is 13.7 Å². The summed E-state index contributed by atoms with van der Waals surface area (Å²) in [5.74, 6) is 0.904. The molecule has 3 heteroatoms. The molecule has 1 heterocycles. The zero-order chi connectivity index (χ0) is 19.5. The molecule has 0 unspecified atom stereocenters. The molecule has 0 spiro atoms. The monoisotopic (exact) mass is 372 g/mol. The number of methoxy groups -OCH3 is 1. The first-order valence-corrected chi connectivity index (χ1v) is 10.2. The quantitative estimate of drug-likeness (QED) is 0.400. The van der Waals surface area contributed by atoms with Crippen LogP contribution in [0.3, 0.4) is 0 Å². The molecule has 0 saturated carbocycles. The molecular formula is C25H28N2O. The zero-order valence-corrected chi connectivity index (χ0v) is 16.7. The van der Waals surface area contributed by atoms with Gasteiger partial charge in [-0.3, -0.25) is 0 Å². The molecule has 3 nitrogen and oxygen atoms in total. The highest BCUT2D eigenvalue weighted by molar-refractivity contribution is 5.96. The molecule has 0 fully saturated rings. The number of unbranched alkanes of at least 4 members (excludes halogenated alkanes) is 1. The lowest BCUT2D eigenvalue weighted by atomic mass is 9.97. The average molecular weight is 373 g/mol. The van der Waals surface area contributed by atoms with Gasteiger partial charge in [-0.1, -0.05) is 37.3 Å². The van der Waals surface area contributed by atoms with Crippen LogP contribution < -0.4 is 10.5 Å². The van der Waals surface area contributed by atoms with Gasteiger partial charge in [-0.2, -0.15) is 0 Å². The number of fused-ring (bicyclic) bond motifs is 2. The van der Waals surface area contributed by atoms with E-state index >= 15 is 0 Å². The summed E-state index contributed by atoms with van der Waals surface area (Å²) < 4.78 is 5.79. The Morgan fingerprint density at radius 3 is 2.46 bits per heavy atom. The molecule has 4 aromatic rings. The smallest absolute Gasteiger partial charge is 0.128 e. The van der Waals surface area contributed by atoms with Crippen molar-refractivity contribution in [1.82, 2.24) is 4.98 Å². The number of hydrogen-bond acceptors (Lipinski definition) is 2. The third-order valence-electron chi connectivity index (χ3n) is 5.60. The fourth-order valence-electron chi connectivity index (χ4n) is 4.03. The third kappa shape index (κ3) is 3.38. The van der Waals surface area contributed by atoms with Gasteiger partial charge in [0.15, 0.2) is 0 Å². The molecule has 0 radical (unpaired) electrons. The fourth-order valence-corrected chi connectivity index (χ4v) is 4.03. The maximum absolute atomic E-state index is 5.79. The molecule has 28 heavy (non-hydrogen) atoms. The topological polar surface area (TPSA) is 51.0 Å². The van der Waals surface area contributed by atoms with Gasteiger partial charge in [0.25, 0.3) is 0 Å². The second kappa shape index (κ2) is 8.07. The fraction of sp³-hybridized carbons (Fsp3) is 0.280. The number of benzene rings is 3. The van der Waals surface area contributed by atoms with E-state index in [0.717, 1.165) is 43.5 Å². The van der Waals surface area contributed by atoms with Gasteiger partial charge in [-0.25, -0.2) is 0 Å². The first-order valence-electron chi connectivity index (χ1n) is 10.2. The van der Waals surface area contributed by atoms with Crippen LogP contribution in [0.2, 0.25) is 0 Å². The number of nitrogens with two attached hydrogens (primary N) is 1. The number of nitrogens with one attached hydrogen (secondary N) is 1. The molecule has 1 aromatic heterocycles. The van der Waals surface area contributed by atoms with E-state index in [1.165, 1.54) is 38.5 Å². The molecule has 0 aliphatic heterocycles. The minimum Gasteiger partial charge on any atom is -0.496 e. The van der Waals surface area contributed by atoms with E-state index in [4.69, 9.17) is 10.5 Å². The molecule has 0 aliphatic rings. The van der Waals surface area contributed by atoms with Crippen LogP contribution in [0.25, 0.3) is 32.9 Å². The Bertz CT molecular complexity index is 1110. The van der Waals surface area contributed by atoms with Crippen molar-refractivity contribution < 1.29 is 4.74 Å². The molecule has 0 bridgehead atoms. The Morgan fingerprint density at radius 2 is 1.75 bits per heavy atom. The second-order valence-corrected chi connectivity index (χ2v) is 7.36. The number of ether oxygens (including phenoxy) is 1. The van der Waals surface area contributed by atoms with Crippen molar-refractivity contribution in [3.63, 3.8) is 0 Å². The van der Waals surface area contributed by atoms with Crippen molar-refractivity contribution >= 4 is 21.7 Å². The Kier molecular flexibility index (Phi) is 5.36. The molecule has 0 saturated heterocycles. The van der Waals surface area contributed by atoms with Gasteiger partial charge < -0.3 is 15.5 Å². The van der Waals surface area contributed by atoms with Crippen molar-refractivity contribution in [2.24, 2.45) is 5.73 Å². The van der Waals surface area contributed by atoms with Crippen LogP contribution in [0, 0.1) is 0 Å². The number of aromatic nitrogens is 1. The average Bonchev–Trinajstić information content (AvgIpc) is 3.10. The van der Waals surface area contributed by atoms with Gasteiger partial charge in [0, 0.05) is 16.5 Å². The SMILES string of the molecule is CCc1ccc2[nH]c(-c3cc4ccccc4cc3OC)c(CCCCN)c2c1. The van der Waals surface area contributed by atoms with Crippen molar-refractivity contribution in [3.8, 4) is 17.0 Å². The first kappa shape index (κ1) is 18.6. The van der Waals surface area contributed by atoms with E-state index in [1.807, 2.05) is 0 Å². The molecule has 0 aliphatic carbocycles. The van der Waals surface area contributed by atoms with E-state index in [1.54, 1.807) is 7.11 Å². The summed E-state index contributed by atoms with van der Waals surface area (Å²) in [7, 11) is 1.75. The minimum atomic E-state index is 0.733. The van der Waals surface area contributed by atoms with Gasteiger partial charge >= 0.3 is 0 Å². The lowest BCUT2D eigenvalue weighted by Crippen LogP contribution is -1.99. The van der Waals surface area contributed by atoms with Crippen LogP contribution in [-0.2, 0) is 12.8 Å². The predicted molar refractivity (Wildman–Crippen MR) is 119 cm³/mol. The van der Waals surface area contributed by atoms with E-state index in [0.29, 0.717) is 0 Å². The van der Waals surface area contributed by atoms with Crippen LogP contribution in [-0.4, -0.2) is 18.6 Å². The van der Waals surface area contributed by atoms with Crippen LogP contribution in [0.15, 0.2) is 54.6 Å². The largest absolute Gasteiger partial charge is 0.496 e. The van der Waals surface area contributed by atoms with Crippen molar-refractivity contribution in [1.29, 1.82) is 0 Å². The van der Waals surface area contributed by atoms with Crippen LogP contribution in [0.4, 0.5) is 0 Å². The summed E-state index contributed by atoms with van der Waals surface area (Å²) in [6.45, 7) is 2.94. The van der Waals surface area contributed by atoms with E-state index in [2.05, 4.69) is 66.5 Å². The van der Waals surface area contributed by atoms with Crippen molar-refractivity contribution in [3.05, 3.63) is 65.7 Å². The van der Waals surface area contributed by atoms with E-state index in [9.17, 15) is 0 Å². The maximum Gasteiger partial charge on any atom is 0.128 e. The summed E-state index contributed by atoms with van der Waals surface area (Å²) in [5.41, 5.74) is 12.0. The molecule has 0 atom stereocenters. The van der Waals surface area contributed by atoms with Gasteiger partial charge in [-0.15, -0.1) is 0 Å². The molecular weight excluding hydrogens is 344 g/mol. The number of hydrogen-bond donors (Lipinski definition) is 2. The second-order valence-electron chi connectivity index (χ2n) is 7.36. The Balaban J connectivity index is 1.94. The van der Waals surface area contributed by atoms with Crippen molar-refractivity contribution in [2.45, 2.75) is 32.6 Å². The Hall–Kier alpha value is -2.78. The lowest BCUT2D eigenvalue weighted by molar-refractivity contribution is 0.417. The van der Waals surface area contributed by atoms with Crippen LogP contribution in [0.5, 0.6) is 5.75 Å². The molecule has 4 rings (SSSR count). The molecule has 3 N–H and O–H groups in total. The summed E-state index contributed by atoms with van der Waals surface area (Å²) in [6.07, 6.45) is 4.17.